The van der Waals surface area contributed by atoms with Crippen LogP contribution in [-0.2, 0) is 20.2 Å². The highest BCUT2D eigenvalue weighted by molar-refractivity contribution is 7.86. The number of nitrogens with one attached hydrogen (secondary N) is 3. The summed E-state index contributed by atoms with van der Waals surface area (Å²) >= 11 is 0. The average molecular weight is 612 g/mol. The molecule has 5 N–H and O–H groups in total. The molecule has 15 nitrogen and oxygen atoms in total. The Labute approximate surface area is 239 Å². The van der Waals surface area contributed by atoms with Crippen LogP contribution >= 0.6 is 0 Å². The number of nitrogens with zero attached hydrogens (tertiary/aromatic N) is 4. The first-order chi connectivity index (χ1) is 19.8. The van der Waals surface area contributed by atoms with Gasteiger partial charge < -0.3 is 16.0 Å². The molecule has 5 rings (SSSR count). The molecule has 0 saturated heterocycles. The smallest absolute Gasteiger partial charge is 0.294 e. The van der Waals surface area contributed by atoms with E-state index in [-0.39, 0.29) is 51.2 Å². The summed E-state index contributed by atoms with van der Waals surface area (Å²) in [7, 11) is -8.79. The largest absolute Gasteiger partial charge is 0.324 e. The number of aromatic nitrogens is 3. The molecule has 2 heterocycles. The van der Waals surface area contributed by atoms with Gasteiger partial charge in [0.25, 0.3) is 32.1 Å². The molecule has 0 spiro atoms. The standard InChI is InChI=1S/C25H21N7O8S2/c1-2-32-21(33)19-12-7-16(13-20(19)22(32)34)28-25-30-23(26-14-3-8-17(9-4-14)41(35,36)37)29-24(31-25)27-15-5-10-18(11-6-15)42(38,39)40/h3-13H,2H2,1H3,(H,35,36,37)(H,38,39,40)(H3,26,27,28,29,30,31). The van der Waals surface area contributed by atoms with E-state index in [1.807, 2.05) is 0 Å². The van der Waals surface area contributed by atoms with Crippen LogP contribution in [0.25, 0.3) is 0 Å². The van der Waals surface area contributed by atoms with Gasteiger partial charge in [-0.1, -0.05) is 0 Å². The molecule has 1 aliphatic rings. The first-order valence-electron chi connectivity index (χ1n) is 12.0. The van der Waals surface area contributed by atoms with Crippen molar-refractivity contribution in [3.8, 4) is 0 Å². The molecular weight excluding hydrogens is 590 g/mol. The van der Waals surface area contributed by atoms with Crippen molar-refractivity contribution in [1.29, 1.82) is 0 Å². The molecule has 0 fully saturated rings. The van der Waals surface area contributed by atoms with Gasteiger partial charge in [0.05, 0.1) is 20.9 Å². The van der Waals surface area contributed by atoms with E-state index in [9.17, 15) is 35.5 Å². The van der Waals surface area contributed by atoms with Gasteiger partial charge >= 0.3 is 0 Å². The zero-order valence-electron chi connectivity index (χ0n) is 21.5. The van der Waals surface area contributed by atoms with Crippen LogP contribution in [0.3, 0.4) is 0 Å². The van der Waals surface area contributed by atoms with Crippen LogP contribution in [-0.4, -0.2) is 64.2 Å². The van der Waals surface area contributed by atoms with Gasteiger partial charge in [0.2, 0.25) is 17.8 Å². The Morgan fingerprint density at radius 2 is 1.00 bits per heavy atom. The Morgan fingerprint density at radius 3 is 1.40 bits per heavy atom. The third kappa shape index (κ3) is 6.03. The van der Waals surface area contributed by atoms with Crippen molar-refractivity contribution in [2.75, 3.05) is 22.5 Å². The van der Waals surface area contributed by atoms with Crippen LogP contribution in [0.15, 0.2) is 76.5 Å². The van der Waals surface area contributed by atoms with E-state index in [1.165, 1.54) is 60.7 Å². The summed E-state index contributed by atoms with van der Waals surface area (Å²) in [5, 5.41) is 8.75. The lowest BCUT2D eigenvalue weighted by molar-refractivity contribution is 0.0662. The summed E-state index contributed by atoms with van der Waals surface area (Å²) in [5.41, 5.74) is 1.62. The third-order valence-electron chi connectivity index (χ3n) is 6.00. The summed E-state index contributed by atoms with van der Waals surface area (Å²) in [4.78, 5) is 38.5. The summed E-state index contributed by atoms with van der Waals surface area (Å²) in [6, 6.07) is 14.8. The first kappa shape index (κ1) is 28.6. The number of amides is 2. The fourth-order valence-electron chi connectivity index (χ4n) is 4.01. The van der Waals surface area contributed by atoms with Crippen molar-refractivity contribution in [1.82, 2.24) is 19.9 Å². The van der Waals surface area contributed by atoms with Gasteiger partial charge in [-0.05, 0) is 73.7 Å². The lowest BCUT2D eigenvalue weighted by Crippen LogP contribution is -2.29. The highest BCUT2D eigenvalue weighted by Gasteiger charge is 2.34. The SMILES string of the molecule is CCN1C(=O)c2ccc(Nc3nc(Nc4ccc(S(=O)(=O)O)cc4)nc(Nc4ccc(S(=O)(=O)O)cc4)n3)cc2C1=O. The molecule has 4 aromatic rings. The van der Waals surface area contributed by atoms with Gasteiger partial charge in [-0.3, -0.25) is 23.6 Å². The molecule has 0 saturated carbocycles. The number of anilines is 6. The van der Waals surface area contributed by atoms with Crippen molar-refractivity contribution >= 4 is 67.0 Å². The summed E-state index contributed by atoms with van der Waals surface area (Å²) in [5.74, 6) is -0.823. The van der Waals surface area contributed by atoms with Crippen molar-refractivity contribution in [2.24, 2.45) is 0 Å². The predicted molar refractivity (Wildman–Crippen MR) is 150 cm³/mol. The van der Waals surface area contributed by atoms with E-state index >= 15 is 0 Å². The topological polar surface area (TPSA) is 221 Å². The molecule has 3 aromatic carbocycles. The van der Waals surface area contributed by atoms with Crippen LogP contribution in [0.5, 0.6) is 0 Å². The zero-order valence-corrected chi connectivity index (χ0v) is 23.1. The minimum atomic E-state index is -4.39. The molecule has 2 amide bonds. The highest BCUT2D eigenvalue weighted by Crippen LogP contribution is 2.28. The zero-order chi connectivity index (χ0) is 30.2. The number of carbonyl (C=O) groups excluding carboxylic acids is 2. The molecule has 17 heteroatoms. The van der Waals surface area contributed by atoms with Gasteiger partial charge in [0.15, 0.2) is 0 Å². The Morgan fingerprint density at radius 1 is 0.619 bits per heavy atom. The molecule has 0 bridgehead atoms. The first-order valence-corrected chi connectivity index (χ1v) is 14.9. The van der Waals surface area contributed by atoms with E-state index in [0.717, 1.165) is 4.90 Å². The molecule has 216 valence electrons. The normalized spacial score (nSPS) is 13.2. The maximum atomic E-state index is 12.6. The van der Waals surface area contributed by atoms with E-state index in [2.05, 4.69) is 30.9 Å². The molecule has 42 heavy (non-hydrogen) atoms. The monoisotopic (exact) mass is 611 g/mol. The van der Waals surface area contributed by atoms with E-state index in [0.29, 0.717) is 17.1 Å². The molecule has 0 unspecified atom stereocenters. The molecule has 1 aromatic heterocycles. The van der Waals surface area contributed by atoms with Gasteiger partial charge in [0, 0.05) is 23.6 Å². The average Bonchev–Trinajstić information content (AvgIpc) is 3.16. The Kier molecular flexibility index (Phi) is 7.33. The quantitative estimate of drug-likeness (QED) is 0.135. The number of hydrogen-bond acceptors (Lipinski definition) is 12. The number of benzene rings is 3. The summed E-state index contributed by atoms with van der Waals surface area (Å²) < 4.78 is 63.9. The fourth-order valence-corrected chi connectivity index (χ4v) is 4.97. The lowest BCUT2D eigenvalue weighted by atomic mass is 10.1. The maximum Gasteiger partial charge on any atom is 0.294 e. The second-order valence-corrected chi connectivity index (χ2v) is 11.6. The van der Waals surface area contributed by atoms with E-state index < -0.39 is 26.1 Å². The molecule has 0 radical (unpaired) electrons. The third-order valence-corrected chi connectivity index (χ3v) is 7.73. The molecule has 1 aliphatic heterocycles. The lowest BCUT2D eigenvalue weighted by Gasteiger charge is -2.12. The van der Waals surface area contributed by atoms with E-state index in [1.54, 1.807) is 13.0 Å². The van der Waals surface area contributed by atoms with Crippen molar-refractivity contribution in [2.45, 2.75) is 16.7 Å². The van der Waals surface area contributed by atoms with Gasteiger partial charge in [-0.25, -0.2) is 0 Å². The minimum Gasteiger partial charge on any atom is -0.324 e. The van der Waals surface area contributed by atoms with Crippen molar-refractivity contribution in [3.63, 3.8) is 0 Å². The summed E-state index contributed by atoms with van der Waals surface area (Å²) in [6.45, 7) is 1.92. The molecular formula is C25H21N7O8S2. The summed E-state index contributed by atoms with van der Waals surface area (Å²) in [6.07, 6.45) is 0. The van der Waals surface area contributed by atoms with Gasteiger partial charge in [0.1, 0.15) is 0 Å². The fraction of sp³-hybridized carbons (Fsp3) is 0.0800. The Bertz CT molecular complexity index is 1840. The van der Waals surface area contributed by atoms with E-state index in [4.69, 9.17) is 0 Å². The second-order valence-electron chi connectivity index (χ2n) is 8.80. The highest BCUT2D eigenvalue weighted by atomic mass is 32.2. The Hall–Kier alpha value is -4.97. The van der Waals surface area contributed by atoms with Crippen LogP contribution in [0.1, 0.15) is 27.6 Å². The minimum absolute atomic E-state index is 0.00295. The van der Waals surface area contributed by atoms with Crippen molar-refractivity contribution in [3.05, 3.63) is 77.9 Å². The number of hydrogen-bond donors (Lipinski definition) is 5. The predicted octanol–water partition coefficient (Wildman–Crippen LogP) is 3.21. The maximum absolute atomic E-state index is 12.6. The van der Waals surface area contributed by atoms with Gasteiger partial charge in [-0.2, -0.15) is 31.8 Å². The van der Waals surface area contributed by atoms with Crippen LogP contribution in [0, 0.1) is 0 Å². The van der Waals surface area contributed by atoms with Crippen LogP contribution in [0.2, 0.25) is 0 Å². The number of rotatable bonds is 9. The number of fused-ring (bicyclic) bond motifs is 1. The Balaban J connectivity index is 1.47. The molecule has 0 atom stereocenters. The van der Waals surface area contributed by atoms with Crippen LogP contribution < -0.4 is 16.0 Å². The van der Waals surface area contributed by atoms with Crippen LogP contribution in [0.4, 0.5) is 34.9 Å². The number of imide groups is 1. The van der Waals surface area contributed by atoms with Gasteiger partial charge in [-0.15, -0.1) is 0 Å². The van der Waals surface area contributed by atoms with Crippen molar-refractivity contribution < 1.29 is 35.5 Å². The molecule has 0 aliphatic carbocycles. The second kappa shape index (κ2) is 10.8. The number of carbonyl (C=O) groups is 2.